The molecule has 0 aromatic heterocycles. The molecule has 114 valence electrons. The van der Waals surface area contributed by atoms with Crippen molar-refractivity contribution in [1.29, 1.82) is 0 Å². The monoisotopic (exact) mass is 302 g/mol. The number of nitrogens with one attached hydrogen (secondary N) is 1. The molecule has 0 spiro atoms. The molecule has 0 fully saturated rings. The lowest BCUT2D eigenvalue weighted by Crippen LogP contribution is -2.25. The lowest BCUT2D eigenvalue weighted by Gasteiger charge is -2.12. The van der Waals surface area contributed by atoms with E-state index in [4.69, 9.17) is 15.2 Å². The molecule has 0 heterocycles. The number of rotatable bonds is 8. The van der Waals surface area contributed by atoms with Crippen molar-refractivity contribution in [2.24, 2.45) is 5.73 Å². The highest BCUT2D eigenvalue weighted by Crippen LogP contribution is 2.28. The summed E-state index contributed by atoms with van der Waals surface area (Å²) >= 11 is 0. The van der Waals surface area contributed by atoms with Crippen LogP contribution in [0.25, 0.3) is 0 Å². The standard InChI is InChI=1S/C14H22N2O3.ClH/c1-3-18-12-7-6-11(10-13(12)19-4-2)14(17)16-9-5-8-15;/h6-7,10H,3-5,8-9,15H2,1-2H3,(H,16,17);1H. The highest BCUT2D eigenvalue weighted by atomic mass is 35.5. The Morgan fingerprint density at radius 1 is 1.20 bits per heavy atom. The zero-order valence-corrected chi connectivity index (χ0v) is 12.8. The second kappa shape index (κ2) is 10.3. The van der Waals surface area contributed by atoms with Crippen LogP contribution in [0.3, 0.4) is 0 Å². The first kappa shape index (κ1) is 18.5. The lowest BCUT2D eigenvalue weighted by atomic mass is 10.2. The summed E-state index contributed by atoms with van der Waals surface area (Å²) in [6.45, 7) is 6.02. The van der Waals surface area contributed by atoms with Crippen molar-refractivity contribution >= 4 is 18.3 Å². The molecule has 1 amide bonds. The van der Waals surface area contributed by atoms with E-state index >= 15 is 0 Å². The molecule has 6 heteroatoms. The largest absolute Gasteiger partial charge is 0.490 e. The molecule has 0 radical (unpaired) electrons. The Bertz CT molecular complexity index is 413. The second-order valence-corrected chi connectivity index (χ2v) is 3.93. The number of amides is 1. The van der Waals surface area contributed by atoms with Crippen molar-refractivity contribution in [2.45, 2.75) is 20.3 Å². The normalized spacial score (nSPS) is 9.55. The number of benzene rings is 1. The Labute approximate surface area is 126 Å². The van der Waals surface area contributed by atoms with E-state index in [0.717, 1.165) is 6.42 Å². The third-order valence-electron chi connectivity index (χ3n) is 2.47. The molecule has 1 aromatic carbocycles. The van der Waals surface area contributed by atoms with Gasteiger partial charge in [0.15, 0.2) is 11.5 Å². The van der Waals surface area contributed by atoms with Crippen molar-refractivity contribution in [2.75, 3.05) is 26.3 Å². The van der Waals surface area contributed by atoms with E-state index in [1.165, 1.54) is 0 Å². The van der Waals surface area contributed by atoms with Gasteiger partial charge in [-0.2, -0.15) is 0 Å². The molecule has 0 atom stereocenters. The van der Waals surface area contributed by atoms with Gasteiger partial charge in [0.1, 0.15) is 0 Å². The topological polar surface area (TPSA) is 73.6 Å². The zero-order valence-electron chi connectivity index (χ0n) is 12.0. The van der Waals surface area contributed by atoms with Crippen molar-refractivity contribution in [1.82, 2.24) is 5.32 Å². The van der Waals surface area contributed by atoms with Crippen LogP contribution in [-0.4, -0.2) is 32.2 Å². The molecule has 20 heavy (non-hydrogen) atoms. The molecule has 1 aromatic rings. The fourth-order valence-corrected chi connectivity index (χ4v) is 1.60. The number of hydrogen-bond donors (Lipinski definition) is 2. The average Bonchev–Trinajstić information content (AvgIpc) is 2.41. The molecular formula is C14H23ClN2O3. The van der Waals surface area contributed by atoms with Crippen LogP contribution < -0.4 is 20.5 Å². The second-order valence-electron chi connectivity index (χ2n) is 3.93. The van der Waals surface area contributed by atoms with Crippen LogP contribution in [0.5, 0.6) is 11.5 Å². The van der Waals surface area contributed by atoms with Gasteiger partial charge in [0, 0.05) is 12.1 Å². The number of carbonyl (C=O) groups is 1. The van der Waals surface area contributed by atoms with E-state index < -0.39 is 0 Å². The molecule has 0 aliphatic rings. The molecule has 0 aliphatic heterocycles. The minimum Gasteiger partial charge on any atom is -0.490 e. The van der Waals surface area contributed by atoms with Gasteiger partial charge < -0.3 is 20.5 Å². The van der Waals surface area contributed by atoms with E-state index in [-0.39, 0.29) is 18.3 Å². The summed E-state index contributed by atoms with van der Waals surface area (Å²) in [7, 11) is 0. The molecule has 0 saturated carbocycles. The van der Waals surface area contributed by atoms with E-state index in [1.54, 1.807) is 18.2 Å². The van der Waals surface area contributed by atoms with Crippen molar-refractivity contribution < 1.29 is 14.3 Å². The van der Waals surface area contributed by atoms with Gasteiger partial charge in [-0.25, -0.2) is 0 Å². The first-order chi connectivity index (χ1) is 9.22. The van der Waals surface area contributed by atoms with E-state index in [9.17, 15) is 4.79 Å². The zero-order chi connectivity index (χ0) is 14.1. The van der Waals surface area contributed by atoms with Crippen molar-refractivity contribution in [3.63, 3.8) is 0 Å². The number of ether oxygens (including phenoxy) is 2. The summed E-state index contributed by atoms with van der Waals surface area (Å²) < 4.78 is 10.9. The maximum Gasteiger partial charge on any atom is 0.251 e. The maximum atomic E-state index is 11.9. The number of hydrogen-bond acceptors (Lipinski definition) is 4. The summed E-state index contributed by atoms with van der Waals surface area (Å²) in [5, 5.41) is 2.81. The summed E-state index contributed by atoms with van der Waals surface area (Å²) in [6.07, 6.45) is 0.765. The van der Waals surface area contributed by atoms with Gasteiger partial charge in [0.05, 0.1) is 13.2 Å². The highest BCUT2D eigenvalue weighted by Gasteiger charge is 2.10. The van der Waals surface area contributed by atoms with E-state index in [2.05, 4.69) is 5.32 Å². The van der Waals surface area contributed by atoms with Crippen LogP contribution in [0.15, 0.2) is 18.2 Å². The molecule has 0 aliphatic carbocycles. The van der Waals surface area contributed by atoms with E-state index in [1.807, 2.05) is 13.8 Å². The first-order valence-corrected chi connectivity index (χ1v) is 6.60. The van der Waals surface area contributed by atoms with Gasteiger partial charge in [-0.3, -0.25) is 4.79 Å². The molecule has 1 rings (SSSR count). The predicted octanol–water partition coefficient (Wildman–Crippen LogP) is 1.98. The van der Waals surface area contributed by atoms with Gasteiger partial charge in [0.2, 0.25) is 0 Å². The Hall–Kier alpha value is -1.46. The molecular weight excluding hydrogens is 280 g/mol. The third-order valence-corrected chi connectivity index (χ3v) is 2.47. The number of nitrogens with two attached hydrogens (primary N) is 1. The van der Waals surface area contributed by atoms with Crippen LogP contribution >= 0.6 is 12.4 Å². The average molecular weight is 303 g/mol. The summed E-state index contributed by atoms with van der Waals surface area (Å²) in [5.74, 6) is 1.12. The van der Waals surface area contributed by atoms with Gasteiger partial charge >= 0.3 is 0 Å². The fourth-order valence-electron chi connectivity index (χ4n) is 1.60. The first-order valence-electron chi connectivity index (χ1n) is 6.60. The van der Waals surface area contributed by atoms with Crippen LogP contribution in [0.4, 0.5) is 0 Å². The number of carbonyl (C=O) groups excluding carboxylic acids is 1. The van der Waals surface area contributed by atoms with E-state index in [0.29, 0.717) is 43.4 Å². The quantitative estimate of drug-likeness (QED) is 0.720. The number of halogens is 1. The Morgan fingerprint density at radius 3 is 2.45 bits per heavy atom. The lowest BCUT2D eigenvalue weighted by molar-refractivity contribution is 0.0953. The van der Waals surface area contributed by atoms with Crippen LogP contribution in [0.1, 0.15) is 30.6 Å². The Morgan fingerprint density at radius 2 is 1.85 bits per heavy atom. The minimum atomic E-state index is -0.127. The molecule has 0 bridgehead atoms. The molecule has 3 N–H and O–H groups in total. The molecule has 0 unspecified atom stereocenters. The smallest absolute Gasteiger partial charge is 0.251 e. The third kappa shape index (κ3) is 5.67. The Kier molecular flexibility index (Phi) is 9.59. The summed E-state index contributed by atoms with van der Waals surface area (Å²) in [4.78, 5) is 11.9. The minimum absolute atomic E-state index is 0. The Balaban J connectivity index is 0.00000361. The molecule has 0 saturated heterocycles. The molecule has 5 nitrogen and oxygen atoms in total. The van der Waals surface area contributed by atoms with Crippen molar-refractivity contribution in [3.8, 4) is 11.5 Å². The van der Waals surface area contributed by atoms with Gasteiger partial charge in [-0.15, -0.1) is 12.4 Å². The van der Waals surface area contributed by atoms with Gasteiger partial charge in [-0.05, 0) is 45.0 Å². The van der Waals surface area contributed by atoms with Gasteiger partial charge in [0.25, 0.3) is 5.91 Å². The predicted molar refractivity (Wildman–Crippen MR) is 82.0 cm³/mol. The van der Waals surface area contributed by atoms with Gasteiger partial charge in [-0.1, -0.05) is 0 Å². The van der Waals surface area contributed by atoms with Crippen LogP contribution in [0, 0.1) is 0 Å². The summed E-state index contributed by atoms with van der Waals surface area (Å²) in [5.41, 5.74) is 5.94. The highest BCUT2D eigenvalue weighted by molar-refractivity contribution is 5.94. The van der Waals surface area contributed by atoms with Crippen LogP contribution in [-0.2, 0) is 0 Å². The van der Waals surface area contributed by atoms with Crippen LogP contribution in [0.2, 0.25) is 0 Å². The maximum absolute atomic E-state index is 11.9. The fraction of sp³-hybridized carbons (Fsp3) is 0.500. The SMILES string of the molecule is CCOc1ccc(C(=O)NCCCN)cc1OCC.Cl. The van der Waals surface area contributed by atoms with Crippen molar-refractivity contribution in [3.05, 3.63) is 23.8 Å². The summed E-state index contributed by atoms with van der Waals surface area (Å²) in [6, 6.07) is 5.18.